The molecule has 0 heterocycles. The molecule has 3 heteroatoms. The van der Waals surface area contributed by atoms with Crippen molar-refractivity contribution in [2.45, 2.75) is 0 Å². The standard InChI is InChI=1S/C10H10BrNO/c1-12-10(13)9-4-2-8(3-5-9)6-7-11/h2-7H,1H3,(H,12,13)/b7-6+. The molecule has 1 rings (SSSR count). The Morgan fingerprint density at radius 3 is 2.46 bits per heavy atom. The number of hydrogen-bond acceptors (Lipinski definition) is 1. The van der Waals surface area contributed by atoms with E-state index in [0.717, 1.165) is 5.56 Å². The Bertz CT molecular complexity index is 316. The van der Waals surface area contributed by atoms with Gasteiger partial charge in [0.2, 0.25) is 0 Å². The van der Waals surface area contributed by atoms with Crippen molar-refractivity contribution in [1.82, 2.24) is 5.32 Å². The molecule has 1 amide bonds. The molecule has 1 aromatic carbocycles. The maximum Gasteiger partial charge on any atom is 0.251 e. The highest BCUT2D eigenvalue weighted by Gasteiger charge is 2.00. The Morgan fingerprint density at radius 2 is 2.00 bits per heavy atom. The monoisotopic (exact) mass is 239 g/mol. The molecule has 0 bridgehead atoms. The maximum atomic E-state index is 11.1. The summed E-state index contributed by atoms with van der Waals surface area (Å²) in [4.78, 5) is 12.9. The predicted molar refractivity (Wildman–Crippen MR) is 57.8 cm³/mol. The second kappa shape index (κ2) is 4.82. The lowest BCUT2D eigenvalue weighted by molar-refractivity contribution is 0.0963. The third kappa shape index (κ3) is 2.70. The van der Waals surface area contributed by atoms with Crippen molar-refractivity contribution < 1.29 is 4.79 Å². The minimum atomic E-state index is -0.0608. The Kier molecular flexibility index (Phi) is 3.71. The maximum absolute atomic E-state index is 11.1. The third-order valence-corrected chi connectivity index (χ3v) is 1.92. The quantitative estimate of drug-likeness (QED) is 0.844. The summed E-state index contributed by atoms with van der Waals surface area (Å²) >= 11 is 3.19. The predicted octanol–water partition coefficient (Wildman–Crippen LogP) is 2.41. The highest BCUT2D eigenvalue weighted by molar-refractivity contribution is 9.11. The normalized spacial score (nSPS) is 10.3. The van der Waals surface area contributed by atoms with Crippen molar-refractivity contribution >= 4 is 27.9 Å². The van der Waals surface area contributed by atoms with Crippen molar-refractivity contribution in [3.8, 4) is 0 Å². The molecule has 1 aromatic rings. The number of carbonyl (C=O) groups excluding carboxylic acids is 1. The van der Waals surface area contributed by atoms with Crippen LogP contribution >= 0.6 is 15.9 Å². The first-order valence-electron chi connectivity index (χ1n) is 3.87. The van der Waals surface area contributed by atoms with Crippen LogP contribution in [-0.2, 0) is 0 Å². The molecular weight excluding hydrogens is 230 g/mol. The molecular formula is C10H10BrNO. The topological polar surface area (TPSA) is 29.1 Å². The van der Waals surface area contributed by atoms with Crippen LogP contribution in [-0.4, -0.2) is 13.0 Å². The zero-order chi connectivity index (χ0) is 9.68. The van der Waals surface area contributed by atoms with Crippen LogP contribution in [0.4, 0.5) is 0 Å². The van der Waals surface area contributed by atoms with Gasteiger partial charge in [-0.15, -0.1) is 0 Å². The average Bonchev–Trinajstić information content (AvgIpc) is 2.18. The molecule has 0 aliphatic heterocycles. The van der Waals surface area contributed by atoms with Gasteiger partial charge in [0.25, 0.3) is 5.91 Å². The summed E-state index contributed by atoms with van der Waals surface area (Å²) in [5, 5.41) is 2.57. The molecule has 0 fully saturated rings. The van der Waals surface area contributed by atoms with E-state index in [0.29, 0.717) is 5.56 Å². The van der Waals surface area contributed by atoms with E-state index in [4.69, 9.17) is 0 Å². The Morgan fingerprint density at radius 1 is 1.38 bits per heavy atom. The van der Waals surface area contributed by atoms with Crippen molar-refractivity contribution in [3.63, 3.8) is 0 Å². The van der Waals surface area contributed by atoms with Gasteiger partial charge in [-0.3, -0.25) is 4.79 Å². The number of benzene rings is 1. The molecule has 0 aliphatic carbocycles. The molecule has 0 unspecified atom stereocenters. The molecule has 0 saturated carbocycles. The van der Waals surface area contributed by atoms with Crippen LogP contribution in [0.2, 0.25) is 0 Å². The molecule has 13 heavy (non-hydrogen) atoms. The molecule has 1 N–H and O–H groups in total. The molecule has 0 spiro atoms. The highest BCUT2D eigenvalue weighted by Crippen LogP contribution is 2.06. The minimum absolute atomic E-state index is 0.0608. The first-order valence-corrected chi connectivity index (χ1v) is 4.78. The fraction of sp³-hybridized carbons (Fsp3) is 0.100. The van der Waals surface area contributed by atoms with Gasteiger partial charge in [-0.05, 0) is 28.8 Å². The van der Waals surface area contributed by atoms with E-state index >= 15 is 0 Å². The summed E-state index contributed by atoms with van der Waals surface area (Å²) in [5.74, 6) is -0.0608. The largest absolute Gasteiger partial charge is 0.355 e. The van der Waals surface area contributed by atoms with Gasteiger partial charge in [0, 0.05) is 12.6 Å². The molecule has 2 nitrogen and oxygen atoms in total. The van der Waals surface area contributed by atoms with Gasteiger partial charge in [-0.1, -0.05) is 28.1 Å². The van der Waals surface area contributed by atoms with Crippen LogP contribution in [0.3, 0.4) is 0 Å². The Labute approximate surface area is 85.8 Å². The molecule has 0 atom stereocenters. The first kappa shape index (κ1) is 9.99. The minimum Gasteiger partial charge on any atom is -0.355 e. The van der Waals surface area contributed by atoms with Gasteiger partial charge in [0.1, 0.15) is 0 Å². The van der Waals surface area contributed by atoms with E-state index in [2.05, 4.69) is 21.2 Å². The van der Waals surface area contributed by atoms with Crippen molar-refractivity contribution in [1.29, 1.82) is 0 Å². The lowest BCUT2D eigenvalue weighted by Crippen LogP contribution is -2.17. The van der Waals surface area contributed by atoms with Crippen LogP contribution in [0.1, 0.15) is 15.9 Å². The SMILES string of the molecule is CNC(=O)c1ccc(/C=C/Br)cc1. The number of halogens is 1. The fourth-order valence-electron chi connectivity index (χ4n) is 0.963. The smallest absolute Gasteiger partial charge is 0.251 e. The summed E-state index contributed by atoms with van der Waals surface area (Å²) in [6.07, 6.45) is 1.91. The zero-order valence-electron chi connectivity index (χ0n) is 7.25. The van der Waals surface area contributed by atoms with Gasteiger partial charge < -0.3 is 5.32 Å². The van der Waals surface area contributed by atoms with E-state index < -0.39 is 0 Å². The van der Waals surface area contributed by atoms with Crippen molar-refractivity contribution in [3.05, 3.63) is 40.4 Å². The molecule has 0 radical (unpaired) electrons. The van der Waals surface area contributed by atoms with Crippen molar-refractivity contribution in [2.75, 3.05) is 7.05 Å². The molecule has 0 aromatic heterocycles. The summed E-state index contributed by atoms with van der Waals surface area (Å²) in [5.41, 5.74) is 1.73. The van der Waals surface area contributed by atoms with Gasteiger partial charge in [0.05, 0.1) is 0 Å². The van der Waals surface area contributed by atoms with Crippen LogP contribution in [0.15, 0.2) is 29.3 Å². The number of nitrogens with one attached hydrogen (secondary N) is 1. The Balaban J connectivity index is 2.87. The summed E-state index contributed by atoms with van der Waals surface area (Å²) in [6.45, 7) is 0. The van der Waals surface area contributed by atoms with E-state index in [-0.39, 0.29) is 5.91 Å². The zero-order valence-corrected chi connectivity index (χ0v) is 8.84. The lowest BCUT2D eigenvalue weighted by Gasteiger charge is -1.99. The van der Waals surface area contributed by atoms with Gasteiger partial charge in [-0.25, -0.2) is 0 Å². The second-order valence-electron chi connectivity index (χ2n) is 2.49. The van der Waals surface area contributed by atoms with E-state index in [9.17, 15) is 4.79 Å². The number of hydrogen-bond donors (Lipinski definition) is 1. The lowest BCUT2D eigenvalue weighted by atomic mass is 10.1. The molecule has 68 valence electrons. The highest BCUT2D eigenvalue weighted by atomic mass is 79.9. The number of carbonyl (C=O) groups is 1. The van der Waals surface area contributed by atoms with Crippen molar-refractivity contribution in [2.24, 2.45) is 0 Å². The van der Waals surface area contributed by atoms with Crippen LogP contribution in [0, 0.1) is 0 Å². The van der Waals surface area contributed by atoms with Gasteiger partial charge >= 0.3 is 0 Å². The third-order valence-electron chi connectivity index (χ3n) is 1.66. The van der Waals surface area contributed by atoms with Gasteiger partial charge in [-0.2, -0.15) is 0 Å². The molecule has 0 aliphatic rings. The first-order chi connectivity index (χ1) is 6.27. The fourth-order valence-corrected chi connectivity index (χ4v) is 1.27. The average molecular weight is 240 g/mol. The summed E-state index contributed by atoms with van der Waals surface area (Å²) in [7, 11) is 1.62. The molecule has 0 saturated heterocycles. The Hall–Kier alpha value is -1.09. The van der Waals surface area contributed by atoms with Crippen LogP contribution < -0.4 is 5.32 Å². The van der Waals surface area contributed by atoms with Crippen LogP contribution in [0.25, 0.3) is 6.08 Å². The van der Waals surface area contributed by atoms with Gasteiger partial charge in [0.15, 0.2) is 0 Å². The second-order valence-corrected chi connectivity index (χ2v) is 3.02. The summed E-state index contributed by atoms with van der Waals surface area (Å²) < 4.78 is 0. The number of amides is 1. The summed E-state index contributed by atoms with van der Waals surface area (Å²) in [6, 6.07) is 7.37. The van der Waals surface area contributed by atoms with E-state index in [1.807, 2.05) is 18.2 Å². The number of rotatable bonds is 2. The van der Waals surface area contributed by atoms with E-state index in [1.54, 1.807) is 24.2 Å². The van der Waals surface area contributed by atoms with E-state index in [1.165, 1.54) is 0 Å². The van der Waals surface area contributed by atoms with Crippen LogP contribution in [0.5, 0.6) is 0 Å².